The quantitative estimate of drug-likeness (QED) is 0.668. The Bertz CT molecular complexity index is 827. The van der Waals surface area contributed by atoms with Gasteiger partial charge in [-0.05, 0) is 37.2 Å². The lowest BCUT2D eigenvalue weighted by Gasteiger charge is -2.38. The number of hydrogen-bond donors (Lipinski definition) is 3. The van der Waals surface area contributed by atoms with Crippen LogP contribution in [0.3, 0.4) is 0 Å². The summed E-state index contributed by atoms with van der Waals surface area (Å²) in [5, 5.41) is 14.3. The highest BCUT2D eigenvalue weighted by molar-refractivity contribution is 7.93. The zero-order valence-corrected chi connectivity index (χ0v) is 16.6. The summed E-state index contributed by atoms with van der Waals surface area (Å²) in [4.78, 5) is 21.6. The summed E-state index contributed by atoms with van der Waals surface area (Å²) < 4.78 is 11.7. The Labute approximate surface area is 163 Å². The first kappa shape index (κ1) is 19.1. The molecule has 0 aliphatic carbocycles. The molecule has 7 nitrogen and oxygen atoms in total. The summed E-state index contributed by atoms with van der Waals surface area (Å²) in [6.07, 6.45) is 3.22. The van der Waals surface area contributed by atoms with Gasteiger partial charge in [0.25, 0.3) is 5.91 Å². The van der Waals surface area contributed by atoms with E-state index < -0.39 is 15.9 Å². The number of nitrogens with zero attached hydrogens (tertiary/aromatic N) is 2. The van der Waals surface area contributed by atoms with Gasteiger partial charge in [-0.2, -0.15) is 0 Å². The predicted molar refractivity (Wildman–Crippen MR) is 103 cm³/mol. The third kappa shape index (κ3) is 3.85. The van der Waals surface area contributed by atoms with Crippen LogP contribution in [0.1, 0.15) is 40.3 Å². The number of rotatable bonds is 4. The fourth-order valence-corrected chi connectivity index (χ4v) is 5.21. The molecule has 0 spiro atoms. The van der Waals surface area contributed by atoms with Gasteiger partial charge in [-0.25, -0.2) is 9.97 Å². The van der Waals surface area contributed by atoms with E-state index in [9.17, 15) is 9.35 Å². The topological polar surface area (TPSA) is 114 Å². The maximum atomic E-state index is 12.4. The van der Waals surface area contributed by atoms with Crippen LogP contribution >= 0.6 is 22.9 Å². The van der Waals surface area contributed by atoms with Crippen LogP contribution in [0.25, 0.3) is 0 Å². The van der Waals surface area contributed by atoms with Crippen LogP contribution in [-0.4, -0.2) is 36.8 Å². The van der Waals surface area contributed by atoms with E-state index in [4.69, 9.17) is 17.0 Å². The second-order valence-electron chi connectivity index (χ2n) is 6.26. The molecule has 3 heterocycles. The summed E-state index contributed by atoms with van der Waals surface area (Å²) in [5.74, 6) is 0.796. The molecule has 2 aromatic heterocycles. The van der Waals surface area contributed by atoms with Crippen LogP contribution in [0.5, 0.6) is 0 Å². The van der Waals surface area contributed by atoms with Gasteiger partial charge in [0.15, 0.2) is 10.6 Å². The minimum Gasteiger partial charge on any atom is -0.616 e. The number of nitrogens with one attached hydrogen (secondary N) is 3. The summed E-state index contributed by atoms with van der Waals surface area (Å²) in [5.41, 5.74) is 0. The molecule has 1 saturated heterocycles. The van der Waals surface area contributed by atoms with Gasteiger partial charge < -0.3 is 15.2 Å². The lowest BCUT2D eigenvalue weighted by atomic mass is 10.1. The average molecular weight is 412 g/mol. The number of halogens is 1. The highest BCUT2D eigenvalue weighted by atomic mass is 35.5. The number of carbonyl (C=O) groups is 1. The van der Waals surface area contributed by atoms with E-state index >= 15 is 0 Å². The maximum Gasteiger partial charge on any atom is 0.261 e. The zero-order valence-electron chi connectivity index (χ0n) is 14.2. The third-order valence-corrected chi connectivity index (χ3v) is 7.74. The summed E-state index contributed by atoms with van der Waals surface area (Å²) >= 11 is 6.33. The Morgan fingerprint density at radius 2 is 2.23 bits per heavy atom. The monoisotopic (exact) mass is 411 g/mol. The predicted octanol–water partition coefficient (Wildman–Crippen LogP) is 2.27. The van der Waals surface area contributed by atoms with Crippen molar-refractivity contribution in [1.82, 2.24) is 20.6 Å². The number of aromatic nitrogens is 2. The first-order valence-corrected chi connectivity index (χ1v) is 10.4. The van der Waals surface area contributed by atoms with Crippen molar-refractivity contribution >= 4 is 45.9 Å². The first-order valence-electron chi connectivity index (χ1n) is 7.86. The van der Waals surface area contributed by atoms with Gasteiger partial charge in [-0.15, -0.1) is 11.3 Å². The molecule has 2 unspecified atom stereocenters. The smallest absolute Gasteiger partial charge is 0.261 e. The van der Waals surface area contributed by atoms with Crippen LogP contribution < -0.4 is 10.6 Å². The van der Waals surface area contributed by atoms with Crippen LogP contribution in [0, 0.1) is 5.41 Å². The van der Waals surface area contributed by atoms with Gasteiger partial charge >= 0.3 is 0 Å². The molecule has 10 heteroatoms. The van der Waals surface area contributed by atoms with Gasteiger partial charge in [0.2, 0.25) is 0 Å². The van der Waals surface area contributed by atoms with Crippen LogP contribution in [-0.2, 0) is 17.7 Å². The normalized spacial score (nSPS) is 21.9. The van der Waals surface area contributed by atoms with Crippen molar-refractivity contribution in [3.63, 3.8) is 0 Å². The van der Waals surface area contributed by atoms with Crippen molar-refractivity contribution in [2.24, 2.45) is 0 Å². The molecule has 2 atom stereocenters. The van der Waals surface area contributed by atoms with E-state index in [0.717, 1.165) is 0 Å². The Kier molecular flexibility index (Phi) is 5.52. The first-order chi connectivity index (χ1) is 12.3. The van der Waals surface area contributed by atoms with Crippen molar-refractivity contribution in [3.05, 3.63) is 45.1 Å². The highest BCUT2D eigenvalue weighted by Gasteiger charge is 2.45. The van der Waals surface area contributed by atoms with Gasteiger partial charge in [0, 0.05) is 12.4 Å². The van der Waals surface area contributed by atoms with Crippen molar-refractivity contribution in [2.45, 2.75) is 31.2 Å². The molecule has 1 aliphatic heterocycles. The molecular weight excluding hydrogens is 394 g/mol. The molecular formula is C16H18ClN5O2S2. The molecule has 0 saturated carbocycles. The minimum atomic E-state index is -1.21. The number of amides is 1. The molecule has 3 rings (SSSR count). The van der Waals surface area contributed by atoms with E-state index in [-0.39, 0.29) is 24.3 Å². The van der Waals surface area contributed by atoms with E-state index in [2.05, 4.69) is 20.6 Å². The fraction of sp³-hybridized carbons (Fsp3) is 0.375. The SMILES string of the molecule is CC1(C)C(=N)NC(c2sc(C(=O)NCc3ncccn3)cc2Cl)C[S+]1[O-]. The number of hydrogen-bond acceptors (Lipinski definition) is 6. The maximum absolute atomic E-state index is 12.4. The number of carbonyl (C=O) groups excluding carboxylic acids is 1. The molecule has 0 bridgehead atoms. The molecule has 138 valence electrons. The molecule has 0 radical (unpaired) electrons. The molecule has 0 aromatic carbocycles. The van der Waals surface area contributed by atoms with Crippen LogP contribution in [0.15, 0.2) is 24.5 Å². The standard InChI is InChI=1S/C16H18ClN5O2S2/c1-16(2)15(18)22-10(8-26(16)24)13-9(17)6-11(25-13)14(23)21-7-12-19-4-3-5-20-12/h3-6,10H,7-8H2,1-2H3,(H2,18,22)(H,21,23). The van der Waals surface area contributed by atoms with E-state index in [1.54, 1.807) is 38.4 Å². The third-order valence-electron chi connectivity index (χ3n) is 4.09. The Morgan fingerprint density at radius 1 is 1.54 bits per heavy atom. The van der Waals surface area contributed by atoms with E-state index in [1.165, 1.54) is 11.3 Å². The highest BCUT2D eigenvalue weighted by Crippen LogP contribution is 2.37. The van der Waals surface area contributed by atoms with Gasteiger partial charge in [-0.1, -0.05) is 11.6 Å². The van der Waals surface area contributed by atoms with Crippen molar-refractivity contribution in [3.8, 4) is 0 Å². The molecule has 1 amide bonds. The van der Waals surface area contributed by atoms with Crippen LogP contribution in [0.2, 0.25) is 5.02 Å². The van der Waals surface area contributed by atoms with Crippen molar-refractivity contribution in [2.75, 3.05) is 5.75 Å². The Balaban J connectivity index is 1.71. The zero-order chi connectivity index (χ0) is 18.9. The van der Waals surface area contributed by atoms with Gasteiger partial charge in [-0.3, -0.25) is 10.2 Å². The van der Waals surface area contributed by atoms with Crippen molar-refractivity contribution < 1.29 is 9.35 Å². The van der Waals surface area contributed by atoms with Gasteiger partial charge in [0.1, 0.15) is 17.6 Å². The number of amidine groups is 1. The lowest BCUT2D eigenvalue weighted by Crippen LogP contribution is -2.56. The molecule has 1 aliphatic rings. The van der Waals surface area contributed by atoms with E-state index in [0.29, 0.717) is 26.4 Å². The largest absolute Gasteiger partial charge is 0.616 e. The van der Waals surface area contributed by atoms with E-state index in [1.807, 2.05) is 0 Å². The molecule has 26 heavy (non-hydrogen) atoms. The van der Waals surface area contributed by atoms with Crippen LogP contribution in [0.4, 0.5) is 0 Å². The summed E-state index contributed by atoms with van der Waals surface area (Å²) in [7, 11) is 0. The molecule has 3 N–H and O–H groups in total. The Morgan fingerprint density at radius 3 is 2.88 bits per heavy atom. The van der Waals surface area contributed by atoms with Gasteiger partial charge in [0.05, 0.1) is 21.3 Å². The second kappa shape index (κ2) is 7.51. The molecule has 1 fully saturated rings. The lowest BCUT2D eigenvalue weighted by molar-refractivity contribution is 0.0954. The fourth-order valence-electron chi connectivity index (χ4n) is 2.40. The second-order valence-corrected chi connectivity index (χ2v) is 9.80. The number of thiophene rings is 1. The minimum absolute atomic E-state index is 0.212. The molecule has 2 aromatic rings. The average Bonchev–Trinajstić information content (AvgIpc) is 3.00. The Hall–Kier alpha value is -1.68. The van der Waals surface area contributed by atoms with Crippen molar-refractivity contribution in [1.29, 1.82) is 5.41 Å². The summed E-state index contributed by atoms with van der Waals surface area (Å²) in [6, 6.07) is 2.96. The summed E-state index contributed by atoms with van der Waals surface area (Å²) in [6.45, 7) is 3.76.